The second kappa shape index (κ2) is 9.37. The van der Waals surface area contributed by atoms with Crippen LogP contribution >= 0.6 is 0 Å². The van der Waals surface area contributed by atoms with E-state index in [9.17, 15) is 4.21 Å². The average molecular weight is 302 g/mol. The molecule has 0 aromatic rings. The Morgan fingerprint density at radius 2 is 2.10 bits per heavy atom. The van der Waals surface area contributed by atoms with E-state index in [1.807, 2.05) is 6.92 Å². The fourth-order valence-corrected chi connectivity index (χ4v) is 3.89. The molecule has 0 radical (unpaired) electrons. The molecule has 1 fully saturated rings. The Hall–Kier alpha value is -0.580. The average Bonchev–Trinajstić information content (AvgIpc) is 2.44. The van der Waals surface area contributed by atoms with E-state index in [4.69, 9.17) is 0 Å². The van der Waals surface area contributed by atoms with E-state index < -0.39 is 10.8 Å². The Kier molecular flexibility index (Phi) is 8.19. The molecule has 0 bridgehead atoms. The lowest BCUT2D eigenvalue weighted by Crippen LogP contribution is -2.46. The summed E-state index contributed by atoms with van der Waals surface area (Å²) in [5, 5.41) is 7.19. The Labute approximate surface area is 126 Å². The molecule has 0 aromatic heterocycles. The highest BCUT2D eigenvalue weighted by atomic mass is 32.2. The molecule has 1 saturated carbocycles. The van der Waals surface area contributed by atoms with Crippen LogP contribution in [0.3, 0.4) is 0 Å². The van der Waals surface area contributed by atoms with Crippen molar-refractivity contribution in [3.05, 3.63) is 0 Å². The molecule has 0 aliphatic heterocycles. The van der Waals surface area contributed by atoms with Gasteiger partial charge in [-0.2, -0.15) is 0 Å². The van der Waals surface area contributed by atoms with Gasteiger partial charge >= 0.3 is 0 Å². The van der Waals surface area contributed by atoms with Crippen molar-refractivity contribution in [3.8, 4) is 0 Å². The summed E-state index contributed by atoms with van der Waals surface area (Å²) in [6, 6.07) is 0.411. The molecule has 2 N–H and O–H groups in total. The van der Waals surface area contributed by atoms with Gasteiger partial charge in [-0.25, -0.2) is 0 Å². The van der Waals surface area contributed by atoms with Gasteiger partial charge in [-0.15, -0.1) is 0 Å². The summed E-state index contributed by atoms with van der Waals surface area (Å²) in [7, 11) is -0.664. The third-order valence-electron chi connectivity index (χ3n) is 3.58. The summed E-state index contributed by atoms with van der Waals surface area (Å²) in [5.74, 6) is 2.25. The molecule has 20 heavy (non-hydrogen) atoms. The molecule has 5 heteroatoms. The predicted molar refractivity (Wildman–Crippen MR) is 88.7 cm³/mol. The maximum absolute atomic E-state index is 12.0. The van der Waals surface area contributed by atoms with Crippen LogP contribution in [0.2, 0.25) is 0 Å². The maximum atomic E-state index is 12.0. The molecule has 0 spiro atoms. The highest BCUT2D eigenvalue weighted by Crippen LogP contribution is 2.22. The van der Waals surface area contributed by atoms with E-state index >= 15 is 0 Å². The van der Waals surface area contributed by atoms with Crippen molar-refractivity contribution in [2.45, 2.75) is 64.7 Å². The lowest BCUT2D eigenvalue weighted by Gasteiger charge is -2.30. The third kappa shape index (κ3) is 6.25. The Balaban J connectivity index is 2.54. The number of guanidine groups is 1. The smallest absolute Gasteiger partial charge is 0.191 e. The van der Waals surface area contributed by atoms with E-state index in [1.165, 1.54) is 0 Å². The Morgan fingerprint density at radius 3 is 2.70 bits per heavy atom. The molecule has 0 amide bonds. The van der Waals surface area contributed by atoms with E-state index in [-0.39, 0.29) is 0 Å². The highest BCUT2D eigenvalue weighted by molar-refractivity contribution is 7.85. The fraction of sp³-hybridized carbons (Fsp3) is 0.933. The van der Waals surface area contributed by atoms with E-state index in [1.54, 1.807) is 0 Å². The molecule has 1 aliphatic carbocycles. The van der Waals surface area contributed by atoms with Crippen LogP contribution in [0.1, 0.15) is 53.4 Å². The molecular weight excluding hydrogens is 270 g/mol. The summed E-state index contributed by atoms with van der Waals surface area (Å²) in [5.41, 5.74) is 0. The summed E-state index contributed by atoms with van der Waals surface area (Å²) in [6.45, 7) is 10.2. The zero-order valence-electron chi connectivity index (χ0n) is 13.4. The van der Waals surface area contributed by atoms with Crippen LogP contribution in [0.5, 0.6) is 0 Å². The second-order valence-electron chi connectivity index (χ2n) is 5.91. The SMILES string of the molecule is CCNC(=NCC(C)C)NC1CCCC(S(=O)CC)C1. The van der Waals surface area contributed by atoms with Gasteiger partial charge in [0.2, 0.25) is 0 Å². The summed E-state index contributed by atoms with van der Waals surface area (Å²) >= 11 is 0. The zero-order valence-corrected chi connectivity index (χ0v) is 14.3. The largest absolute Gasteiger partial charge is 0.357 e. The Bertz CT molecular complexity index is 331. The molecule has 0 aromatic carbocycles. The van der Waals surface area contributed by atoms with Crippen molar-refractivity contribution < 1.29 is 4.21 Å². The van der Waals surface area contributed by atoms with Crippen molar-refractivity contribution in [2.24, 2.45) is 10.9 Å². The first-order valence-corrected chi connectivity index (χ1v) is 9.37. The molecular formula is C15H31N3OS. The standard InChI is InChI=1S/C15H31N3OS/c1-5-16-15(17-11-12(3)4)18-13-8-7-9-14(10-13)20(19)6-2/h12-14H,5-11H2,1-4H3,(H2,16,17,18). The van der Waals surface area contributed by atoms with E-state index in [0.29, 0.717) is 17.2 Å². The topological polar surface area (TPSA) is 53.5 Å². The minimum Gasteiger partial charge on any atom is -0.357 e. The van der Waals surface area contributed by atoms with Crippen molar-refractivity contribution in [2.75, 3.05) is 18.8 Å². The van der Waals surface area contributed by atoms with Gasteiger partial charge in [0.25, 0.3) is 0 Å². The summed E-state index contributed by atoms with van der Waals surface area (Å²) < 4.78 is 12.0. The van der Waals surface area contributed by atoms with Crippen LogP contribution in [-0.2, 0) is 10.8 Å². The number of nitrogens with zero attached hydrogens (tertiary/aromatic N) is 1. The van der Waals surface area contributed by atoms with Crippen molar-refractivity contribution >= 4 is 16.8 Å². The highest BCUT2D eigenvalue weighted by Gasteiger charge is 2.25. The van der Waals surface area contributed by atoms with Crippen LogP contribution in [0, 0.1) is 5.92 Å². The van der Waals surface area contributed by atoms with Gasteiger partial charge in [0.15, 0.2) is 5.96 Å². The van der Waals surface area contributed by atoms with Gasteiger partial charge in [-0.1, -0.05) is 27.2 Å². The number of hydrogen-bond donors (Lipinski definition) is 2. The van der Waals surface area contributed by atoms with Crippen LogP contribution in [0.25, 0.3) is 0 Å². The number of aliphatic imine (C=N–C) groups is 1. The fourth-order valence-electron chi connectivity index (χ4n) is 2.54. The lowest BCUT2D eigenvalue weighted by atomic mass is 9.95. The zero-order chi connectivity index (χ0) is 15.0. The Morgan fingerprint density at radius 1 is 1.35 bits per heavy atom. The quantitative estimate of drug-likeness (QED) is 0.584. The molecule has 4 nitrogen and oxygen atoms in total. The normalized spacial score (nSPS) is 25.6. The molecule has 0 heterocycles. The second-order valence-corrected chi connectivity index (χ2v) is 7.92. The van der Waals surface area contributed by atoms with Gasteiger partial charge in [0.05, 0.1) is 0 Å². The van der Waals surface area contributed by atoms with Crippen molar-refractivity contribution in [3.63, 3.8) is 0 Å². The van der Waals surface area contributed by atoms with Crippen LogP contribution in [0.4, 0.5) is 0 Å². The first-order valence-electron chi connectivity index (χ1n) is 7.98. The lowest BCUT2D eigenvalue weighted by molar-refractivity contribution is 0.413. The van der Waals surface area contributed by atoms with Gasteiger partial charge in [-0.05, 0) is 32.1 Å². The molecule has 3 atom stereocenters. The van der Waals surface area contributed by atoms with Crippen LogP contribution in [-0.4, -0.2) is 40.3 Å². The minimum absolute atomic E-state index is 0.360. The summed E-state index contributed by atoms with van der Waals surface area (Å²) in [4.78, 5) is 4.62. The number of hydrogen-bond acceptors (Lipinski definition) is 2. The van der Waals surface area contributed by atoms with Crippen molar-refractivity contribution in [1.82, 2.24) is 10.6 Å². The molecule has 1 rings (SSSR count). The molecule has 0 saturated heterocycles. The van der Waals surface area contributed by atoms with E-state index in [0.717, 1.165) is 50.5 Å². The number of rotatable bonds is 6. The van der Waals surface area contributed by atoms with Gasteiger partial charge < -0.3 is 10.6 Å². The van der Waals surface area contributed by atoms with Crippen LogP contribution in [0.15, 0.2) is 4.99 Å². The molecule has 3 unspecified atom stereocenters. The first kappa shape index (κ1) is 17.5. The van der Waals surface area contributed by atoms with Crippen molar-refractivity contribution in [1.29, 1.82) is 0 Å². The number of nitrogens with one attached hydrogen (secondary N) is 2. The van der Waals surface area contributed by atoms with Gasteiger partial charge in [0.1, 0.15) is 0 Å². The third-order valence-corrected chi connectivity index (χ3v) is 5.32. The van der Waals surface area contributed by atoms with Crippen LogP contribution < -0.4 is 10.6 Å². The van der Waals surface area contributed by atoms with E-state index in [2.05, 4.69) is 36.4 Å². The van der Waals surface area contributed by atoms with Gasteiger partial charge in [-0.3, -0.25) is 9.20 Å². The summed E-state index contributed by atoms with van der Waals surface area (Å²) in [6.07, 6.45) is 4.44. The maximum Gasteiger partial charge on any atom is 0.191 e. The molecule has 118 valence electrons. The van der Waals surface area contributed by atoms with Gasteiger partial charge in [0, 0.05) is 40.9 Å². The minimum atomic E-state index is -0.664. The molecule has 1 aliphatic rings. The monoisotopic (exact) mass is 301 g/mol. The predicted octanol–water partition coefficient (Wildman–Crippen LogP) is 2.28. The first-order chi connectivity index (χ1) is 9.56.